The number of hydrogen-bond acceptors (Lipinski definition) is 3. The first kappa shape index (κ1) is 15.4. The molecule has 0 saturated heterocycles. The minimum absolute atomic E-state index is 0.0237. The van der Waals surface area contributed by atoms with Crippen molar-refractivity contribution in [3.63, 3.8) is 0 Å². The second kappa shape index (κ2) is 6.67. The fourth-order valence-corrected chi connectivity index (χ4v) is 2.89. The Morgan fingerprint density at radius 1 is 1.33 bits per heavy atom. The number of carbonyl (C=O) groups is 1. The lowest BCUT2D eigenvalue weighted by molar-refractivity contribution is 0.0690. The molecule has 0 spiro atoms. The van der Waals surface area contributed by atoms with Gasteiger partial charge in [-0.2, -0.15) is 0 Å². The van der Waals surface area contributed by atoms with Crippen molar-refractivity contribution in [1.29, 1.82) is 0 Å². The highest BCUT2D eigenvalue weighted by Gasteiger charge is 2.20. The molecule has 0 amide bonds. The molecular weight excluding hydrogens is 296 g/mol. The summed E-state index contributed by atoms with van der Waals surface area (Å²) in [6.45, 7) is 2.01. The van der Waals surface area contributed by atoms with Crippen LogP contribution in [0.3, 0.4) is 0 Å². The van der Waals surface area contributed by atoms with E-state index in [-0.39, 0.29) is 11.7 Å². The highest BCUT2D eigenvalue weighted by atomic mass is 32.1. The minimum Gasteiger partial charge on any atom is -0.478 e. The van der Waals surface area contributed by atoms with E-state index >= 15 is 0 Å². The smallest absolute Gasteiger partial charge is 0.338 e. The summed E-state index contributed by atoms with van der Waals surface area (Å²) in [6.07, 6.45) is 1.65. The highest BCUT2D eigenvalue weighted by Crippen LogP contribution is 2.30. The quantitative estimate of drug-likeness (QED) is 0.814. The van der Waals surface area contributed by atoms with Crippen molar-refractivity contribution in [2.45, 2.75) is 25.8 Å². The Balaban J connectivity index is 2.29. The largest absolute Gasteiger partial charge is 0.478 e. The van der Waals surface area contributed by atoms with Crippen molar-refractivity contribution in [1.82, 2.24) is 0 Å². The molecule has 0 aliphatic carbocycles. The topological polar surface area (TPSA) is 49.3 Å². The summed E-state index contributed by atoms with van der Waals surface area (Å²) in [7, 11) is 0. The zero-order valence-electron chi connectivity index (χ0n) is 11.4. The number of hydrogen-bond donors (Lipinski definition) is 2. The molecule has 0 fully saturated rings. The van der Waals surface area contributed by atoms with Crippen molar-refractivity contribution in [3.8, 4) is 0 Å². The first-order chi connectivity index (χ1) is 10.0. The molecule has 2 N–H and O–H groups in total. The standard InChI is InChI=1S/C15H15F2NO2S/c1-2-4-10(12-5-3-8-21-12)18-11-7-6-9(15(19)20)13(16)14(11)17/h3,5-8,10,18H,2,4H2,1H3,(H,19,20). The molecule has 3 nitrogen and oxygen atoms in total. The zero-order valence-corrected chi connectivity index (χ0v) is 12.2. The molecule has 1 heterocycles. The Morgan fingerprint density at radius 3 is 2.67 bits per heavy atom. The Hall–Kier alpha value is -1.95. The molecule has 1 unspecified atom stereocenters. The molecule has 1 atom stereocenters. The van der Waals surface area contributed by atoms with Gasteiger partial charge in [0.25, 0.3) is 0 Å². The molecule has 0 radical (unpaired) electrons. The van der Waals surface area contributed by atoms with Crippen molar-refractivity contribution in [2.24, 2.45) is 0 Å². The molecule has 6 heteroatoms. The second-order valence-electron chi connectivity index (χ2n) is 4.59. The summed E-state index contributed by atoms with van der Waals surface area (Å²) >= 11 is 1.54. The number of benzene rings is 1. The van der Waals surface area contributed by atoms with Crippen LogP contribution in [0.1, 0.15) is 41.0 Å². The van der Waals surface area contributed by atoms with Crippen molar-refractivity contribution in [2.75, 3.05) is 5.32 Å². The van der Waals surface area contributed by atoms with Crippen LogP contribution < -0.4 is 5.32 Å². The number of anilines is 1. The van der Waals surface area contributed by atoms with Crippen LogP contribution in [0, 0.1) is 11.6 Å². The van der Waals surface area contributed by atoms with E-state index in [2.05, 4.69) is 5.32 Å². The Bertz CT molecular complexity index is 629. The van der Waals surface area contributed by atoms with Crippen molar-refractivity contribution in [3.05, 3.63) is 51.7 Å². The van der Waals surface area contributed by atoms with Crippen LogP contribution in [0.5, 0.6) is 0 Å². The number of aromatic carboxylic acids is 1. The Morgan fingerprint density at radius 2 is 2.10 bits per heavy atom. The Kier molecular flexibility index (Phi) is 4.90. The van der Waals surface area contributed by atoms with Gasteiger partial charge in [0.1, 0.15) is 0 Å². The summed E-state index contributed by atoms with van der Waals surface area (Å²) in [5, 5.41) is 13.7. The van der Waals surface area contributed by atoms with Gasteiger partial charge >= 0.3 is 5.97 Å². The third-order valence-electron chi connectivity index (χ3n) is 3.11. The fourth-order valence-electron chi connectivity index (χ4n) is 2.08. The predicted octanol–water partition coefficient (Wildman–Crippen LogP) is 4.68. The van der Waals surface area contributed by atoms with Gasteiger partial charge < -0.3 is 10.4 Å². The van der Waals surface area contributed by atoms with Gasteiger partial charge in [-0.05, 0) is 30.0 Å². The molecule has 2 aromatic rings. The van der Waals surface area contributed by atoms with Crippen LogP contribution in [0.25, 0.3) is 0 Å². The van der Waals surface area contributed by atoms with Gasteiger partial charge in [0, 0.05) is 4.88 Å². The SMILES string of the molecule is CCCC(Nc1ccc(C(=O)O)c(F)c1F)c1cccs1. The van der Waals surface area contributed by atoms with E-state index in [4.69, 9.17) is 5.11 Å². The zero-order chi connectivity index (χ0) is 15.4. The molecule has 1 aromatic carbocycles. The molecule has 0 aliphatic heterocycles. The first-order valence-corrected chi connectivity index (χ1v) is 7.43. The molecule has 21 heavy (non-hydrogen) atoms. The van der Waals surface area contributed by atoms with E-state index in [0.29, 0.717) is 0 Å². The maximum atomic E-state index is 14.0. The monoisotopic (exact) mass is 311 g/mol. The van der Waals surface area contributed by atoms with E-state index in [1.165, 1.54) is 17.4 Å². The predicted molar refractivity (Wildman–Crippen MR) is 78.9 cm³/mol. The summed E-state index contributed by atoms with van der Waals surface area (Å²) < 4.78 is 27.7. The van der Waals surface area contributed by atoms with Gasteiger partial charge in [0.15, 0.2) is 11.6 Å². The van der Waals surface area contributed by atoms with Crippen LogP contribution in [0.4, 0.5) is 14.5 Å². The lowest BCUT2D eigenvalue weighted by atomic mass is 10.1. The van der Waals surface area contributed by atoms with E-state index in [1.54, 1.807) is 0 Å². The third-order valence-corrected chi connectivity index (χ3v) is 4.09. The van der Waals surface area contributed by atoms with Crippen molar-refractivity contribution >= 4 is 23.0 Å². The maximum absolute atomic E-state index is 14.0. The van der Waals surface area contributed by atoms with Gasteiger partial charge in [-0.25, -0.2) is 13.6 Å². The highest BCUT2D eigenvalue weighted by molar-refractivity contribution is 7.10. The number of thiophene rings is 1. The third kappa shape index (κ3) is 3.39. The van der Waals surface area contributed by atoms with Crippen LogP contribution in [0.15, 0.2) is 29.6 Å². The summed E-state index contributed by atoms with van der Waals surface area (Å²) in [5.41, 5.74) is -0.689. The molecule has 0 aliphatic rings. The molecule has 112 valence electrons. The maximum Gasteiger partial charge on any atom is 0.338 e. The van der Waals surface area contributed by atoms with E-state index in [0.717, 1.165) is 23.8 Å². The molecule has 0 saturated carbocycles. The fraction of sp³-hybridized carbons (Fsp3) is 0.267. The number of carboxylic acids is 1. The molecule has 1 aromatic heterocycles. The number of nitrogens with one attached hydrogen (secondary N) is 1. The summed E-state index contributed by atoms with van der Waals surface area (Å²) in [4.78, 5) is 11.8. The average Bonchev–Trinajstić information content (AvgIpc) is 2.97. The molecule has 0 bridgehead atoms. The number of halogens is 2. The van der Waals surface area contributed by atoms with Gasteiger partial charge in [-0.3, -0.25) is 0 Å². The Labute approximate surface area is 125 Å². The van der Waals surface area contributed by atoms with E-state index in [9.17, 15) is 13.6 Å². The second-order valence-corrected chi connectivity index (χ2v) is 5.57. The van der Waals surface area contributed by atoms with E-state index < -0.39 is 23.2 Å². The first-order valence-electron chi connectivity index (χ1n) is 6.55. The molecule has 2 rings (SSSR count). The van der Waals surface area contributed by atoms with Crippen molar-refractivity contribution < 1.29 is 18.7 Å². The van der Waals surface area contributed by atoms with Crippen LogP contribution in [-0.4, -0.2) is 11.1 Å². The normalized spacial score (nSPS) is 12.1. The van der Waals surface area contributed by atoms with Gasteiger partial charge in [-0.1, -0.05) is 19.4 Å². The van der Waals surface area contributed by atoms with Crippen LogP contribution >= 0.6 is 11.3 Å². The van der Waals surface area contributed by atoms with Gasteiger partial charge in [0.2, 0.25) is 0 Å². The van der Waals surface area contributed by atoms with Gasteiger partial charge in [0.05, 0.1) is 17.3 Å². The summed E-state index contributed by atoms with van der Waals surface area (Å²) in [5.74, 6) is -3.98. The average molecular weight is 311 g/mol. The minimum atomic E-state index is -1.48. The van der Waals surface area contributed by atoms with Gasteiger partial charge in [-0.15, -0.1) is 11.3 Å². The number of rotatable bonds is 6. The summed E-state index contributed by atoms with van der Waals surface area (Å²) in [6, 6.07) is 6.03. The lowest BCUT2D eigenvalue weighted by Gasteiger charge is -2.19. The van der Waals surface area contributed by atoms with Crippen LogP contribution in [0.2, 0.25) is 0 Å². The number of carboxylic acid groups (broad SMARTS) is 1. The van der Waals surface area contributed by atoms with E-state index in [1.807, 2.05) is 24.4 Å². The van der Waals surface area contributed by atoms with Crippen LogP contribution in [-0.2, 0) is 0 Å². The lowest BCUT2D eigenvalue weighted by Crippen LogP contribution is -2.12. The molecular formula is C15H15F2NO2S.